The van der Waals surface area contributed by atoms with Crippen LogP contribution in [0.4, 0.5) is 15.9 Å². The first-order valence-corrected chi connectivity index (χ1v) is 8.74. The van der Waals surface area contributed by atoms with Gasteiger partial charge in [-0.1, -0.05) is 35.3 Å². The number of rotatable bonds is 5. The molecule has 0 radical (unpaired) electrons. The van der Waals surface area contributed by atoms with E-state index in [4.69, 9.17) is 23.2 Å². The molecule has 1 amide bonds. The number of nitro benzene ring substituents is 1. The van der Waals surface area contributed by atoms with Crippen molar-refractivity contribution in [2.75, 3.05) is 5.32 Å². The third kappa shape index (κ3) is 3.97. The Hall–Kier alpha value is -2.97. The first kappa shape index (κ1) is 19.8. The molecule has 144 valence electrons. The number of amides is 1. The lowest BCUT2D eigenvalue weighted by Crippen LogP contribution is -2.15. The fourth-order valence-electron chi connectivity index (χ4n) is 2.65. The van der Waals surface area contributed by atoms with Crippen LogP contribution in [0.2, 0.25) is 10.0 Å². The van der Waals surface area contributed by atoms with Crippen molar-refractivity contribution in [3.05, 3.63) is 85.3 Å². The van der Waals surface area contributed by atoms with Crippen LogP contribution in [0.5, 0.6) is 0 Å². The van der Waals surface area contributed by atoms with E-state index in [0.29, 0.717) is 0 Å². The maximum absolute atomic E-state index is 13.9. The van der Waals surface area contributed by atoms with Crippen molar-refractivity contribution in [1.82, 2.24) is 9.78 Å². The first-order chi connectivity index (χ1) is 13.3. The standard InChI is InChI=1S/C18H13Cl2FN4O3/c1-10-11(4-2-7-16(10)25(27)28)18(26)22-17-14(20)9-24(23-17)8-12-13(19)5-3-6-15(12)21/h2-7,9H,8H2,1H3,(H,22,23,26). The summed E-state index contributed by atoms with van der Waals surface area (Å²) >= 11 is 12.1. The molecule has 2 aromatic carbocycles. The average Bonchev–Trinajstić information content (AvgIpc) is 2.97. The summed E-state index contributed by atoms with van der Waals surface area (Å²) in [4.78, 5) is 23.0. The Bertz CT molecular complexity index is 1060. The maximum atomic E-state index is 13.9. The van der Waals surface area contributed by atoms with Gasteiger partial charge in [-0.2, -0.15) is 5.10 Å². The number of hydrogen-bond donors (Lipinski definition) is 1. The summed E-state index contributed by atoms with van der Waals surface area (Å²) in [5.74, 6) is -1.04. The van der Waals surface area contributed by atoms with Gasteiger partial charge < -0.3 is 5.32 Å². The van der Waals surface area contributed by atoms with E-state index < -0.39 is 16.6 Å². The number of carbonyl (C=O) groups is 1. The van der Waals surface area contributed by atoms with Gasteiger partial charge in [-0.05, 0) is 25.1 Å². The van der Waals surface area contributed by atoms with Crippen LogP contribution < -0.4 is 5.32 Å². The van der Waals surface area contributed by atoms with Crippen LogP contribution in [0.15, 0.2) is 42.6 Å². The second-order valence-corrected chi connectivity index (χ2v) is 6.70. The van der Waals surface area contributed by atoms with Crippen molar-refractivity contribution in [2.45, 2.75) is 13.5 Å². The minimum absolute atomic E-state index is 0.0108. The molecule has 0 saturated heterocycles. The molecular formula is C18H13Cl2FN4O3. The lowest BCUT2D eigenvalue weighted by molar-refractivity contribution is -0.385. The number of anilines is 1. The fraction of sp³-hybridized carbons (Fsp3) is 0.111. The van der Waals surface area contributed by atoms with E-state index in [2.05, 4.69) is 10.4 Å². The van der Waals surface area contributed by atoms with Crippen LogP contribution in [0.25, 0.3) is 0 Å². The quantitative estimate of drug-likeness (QED) is 0.470. The second kappa shape index (κ2) is 7.95. The number of nitrogens with zero attached hydrogens (tertiary/aromatic N) is 3. The van der Waals surface area contributed by atoms with E-state index in [1.54, 1.807) is 6.07 Å². The average molecular weight is 423 g/mol. The summed E-state index contributed by atoms with van der Waals surface area (Å²) < 4.78 is 15.3. The minimum Gasteiger partial charge on any atom is -0.304 e. The number of carbonyl (C=O) groups excluding carboxylic acids is 1. The third-order valence-corrected chi connectivity index (χ3v) is 4.71. The fourth-order valence-corrected chi connectivity index (χ4v) is 3.07. The number of hydrogen-bond acceptors (Lipinski definition) is 4. The minimum atomic E-state index is -0.600. The molecular weight excluding hydrogens is 410 g/mol. The normalized spacial score (nSPS) is 10.7. The Morgan fingerprint density at radius 1 is 1.25 bits per heavy atom. The van der Waals surface area contributed by atoms with Crippen molar-refractivity contribution in [2.24, 2.45) is 0 Å². The van der Waals surface area contributed by atoms with Crippen LogP contribution in [-0.4, -0.2) is 20.6 Å². The van der Waals surface area contributed by atoms with E-state index in [1.165, 1.54) is 48.1 Å². The van der Waals surface area contributed by atoms with Gasteiger partial charge in [-0.15, -0.1) is 0 Å². The van der Waals surface area contributed by atoms with Crippen molar-refractivity contribution in [3.63, 3.8) is 0 Å². The Kier molecular flexibility index (Phi) is 5.62. The van der Waals surface area contributed by atoms with Crippen LogP contribution in [-0.2, 0) is 6.54 Å². The molecule has 10 heteroatoms. The summed E-state index contributed by atoms with van der Waals surface area (Å²) in [5.41, 5.74) is 0.407. The molecule has 0 bridgehead atoms. The zero-order valence-electron chi connectivity index (χ0n) is 14.4. The molecule has 3 aromatic rings. The summed E-state index contributed by atoms with van der Waals surface area (Å²) in [6, 6.07) is 8.51. The molecule has 0 aliphatic rings. The Balaban J connectivity index is 1.84. The van der Waals surface area contributed by atoms with Crippen LogP contribution >= 0.6 is 23.2 Å². The SMILES string of the molecule is Cc1c(C(=O)Nc2nn(Cc3c(F)cccc3Cl)cc2Cl)cccc1[N+](=O)[O-]. The smallest absolute Gasteiger partial charge is 0.273 e. The second-order valence-electron chi connectivity index (χ2n) is 5.88. The van der Waals surface area contributed by atoms with Crippen LogP contribution in [0.3, 0.4) is 0 Å². The van der Waals surface area contributed by atoms with Gasteiger partial charge in [0.05, 0.1) is 11.5 Å². The largest absolute Gasteiger partial charge is 0.304 e. The zero-order chi connectivity index (χ0) is 20.4. The van der Waals surface area contributed by atoms with Crippen molar-refractivity contribution in [1.29, 1.82) is 0 Å². The van der Waals surface area contributed by atoms with E-state index in [9.17, 15) is 19.3 Å². The predicted molar refractivity (Wildman–Crippen MR) is 104 cm³/mol. The maximum Gasteiger partial charge on any atom is 0.273 e. The molecule has 0 spiro atoms. The van der Waals surface area contributed by atoms with Gasteiger partial charge in [0.25, 0.3) is 11.6 Å². The molecule has 1 N–H and O–H groups in total. The van der Waals surface area contributed by atoms with Gasteiger partial charge >= 0.3 is 0 Å². The van der Waals surface area contributed by atoms with Gasteiger partial charge in [0, 0.05) is 34.0 Å². The molecule has 1 heterocycles. The molecule has 0 unspecified atom stereocenters. The van der Waals surface area contributed by atoms with E-state index in [-0.39, 0.29) is 44.8 Å². The highest BCUT2D eigenvalue weighted by Gasteiger charge is 2.20. The van der Waals surface area contributed by atoms with Gasteiger partial charge in [0.15, 0.2) is 5.82 Å². The molecule has 0 aliphatic carbocycles. The Morgan fingerprint density at radius 3 is 2.64 bits per heavy atom. The van der Waals surface area contributed by atoms with E-state index >= 15 is 0 Å². The molecule has 0 fully saturated rings. The first-order valence-electron chi connectivity index (χ1n) is 7.99. The van der Waals surface area contributed by atoms with Crippen LogP contribution in [0.1, 0.15) is 21.5 Å². The molecule has 0 atom stereocenters. The zero-order valence-corrected chi connectivity index (χ0v) is 16.0. The van der Waals surface area contributed by atoms with Crippen molar-refractivity contribution < 1.29 is 14.1 Å². The summed E-state index contributed by atoms with van der Waals surface area (Å²) in [6.07, 6.45) is 1.42. The molecule has 3 rings (SSSR count). The van der Waals surface area contributed by atoms with Crippen molar-refractivity contribution >= 4 is 40.6 Å². The van der Waals surface area contributed by atoms with Gasteiger partial charge in [0.1, 0.15) is 10.8 Å². The van der Waals surface area contributed by atoms with Gasteiger partial charge in [0.2, 0.25) is 0 Å². The topological polar surface area (TPSA) is 90.1 Å². The molecule has 1 aromatic heterocycles. The third-order valence-electron chi connectivity index (χ3n) is 4.08. The molecule has 28 heavy (non-hydrogen) atoms. The van der Waals surface area contributed by atoms with Crippen molar-refractivity contribution in [3.8, 4) is 0 Å². The number of aromatic nitrogens is 2. The molecule has 7 nitrogen and oxygen atoms in total. The lowest BCUT2D eigenvalue weighted by atomic mass is 10.1. The summed E-state index contributed by atoms with van der Waals surface area (Å²) in [5, 5.41) is 18.1. The van der Waals surface area contributed by atoms with Gasteiger partial charge in [-0.25, -0.2) is 4.39 Å². The number of nitro groups is 1. The number of benzene rings is 2. The highest BCUT2D eigenvalue weighted by atomic mass is 35.5. The Labute approximate surface area is 168 Å². The van der Waals surface area contributed by atoms with E-state index in [0.717, 1.165) is 0 Å². The highest BCUT2D eigenvalue weighted by molar-refractivity contribution is 6.33. The summed E-state index contributed by atoms with van der Waals surface area (Å²) in [7, 11) is 0. The predicted octanol–water partition coefficient (Wildman–Crippen LogP) is 4.85. The van der Waals surface area contributed by atoms with Crippen LogP contribution in [0, 0.1) is 22.9 Å². The summed E-state index contributed by atoms with van der Waals surface area (Å²) in [6.45, 7) is 1.49. The monoisotopic (exact) mass is 422 g/mol. The molecule has 0 aliphatic heterocycles. The Morgan fingerprint density at radius 2 is 1.96 bits per heavy atom. The highest BCUT2D eigenvalue weighted by Crippen LogP contribution is 2.26. The number of halogens is 3. The molecule has 0 saturated carbocycles. The number of nitrogens with one attached hydrogen (secondary N) is 1. The van der Waals surface area contributed by atoms with E-state index in [1.807, 2.05) is 0 Å². The van der Waals surface area contributed by atoms with Gasteiger partial charge in [-0.3, -0.25) is 19.6 Å². The lowest BCUT2D eigenvalue weighted by Gasteiger charge is -2.07.